The SMILES string of the molecule is ClC1C(Cl)(Cl)C(Cl)(Cl)C(Cl)(Cl)C(Cl)(Cl)C(Cl)(Cl)C(Cl)(Cl)C(Cl)(Cl)C(Cl)(Cl)C(Cl)(Cl)C(Cl)(Cl)C(Cl)(Cl)C(Cl)(Cl)C(Cl)(Cl)C1(Cl)Cl. The lowest BCUT2D eigenvalue weighted by Crippen LogP contribution is -2.74. The van der Waals surface area contributed by atoms with Crippen LogP contribution in [0.4, 0.5) is 0 Å². The molecule has 0 atom stereocenters. The smallest absolute Gasteiger partial charge is 0.116 e. The minimum absolute atomic E-state index is 2.49. The molecule has 0 radical (unpaired) electrons. The first-order valence-electron chi connectivity index (χ1n) is 9.34. The third-order valence-corrected chi connectivity index (χ3v) is 27.6. The topological polar surface area (TPSA) is 0 Å². The Morgan fingerprint density at radius 1 is 0.182 bits per heavy atom. The first-order valence-corrected chi connectivity index (χ1v) is 20.4. The fraction of sp³-hybridized carbons (Fsp3) is 1.00. The van der Waals surface area contributed by atoms with Crippen molar-refractivity contribution in [3.8, 4) is 0 Å². The molecule has 0 unspecified atom stereocenters. The molecule has 0 N–H and O–H groups in total. The van der Waals surface area contributed by atoms with Crippen LogP contribution in [0.5, 0.6) is 0 Å². The molecule has 0 bridgehead atoms. The highest BCUT2D eigenvalue weighted by atomic mass is 35.6. The van der Waals surface area contributed by atoms with Gasteiger partial charge in [0.05, 0.1) is 0 Å². The quantitative estimate of drug-likeness (QED) is 0.212. The normalized spacial score (nSPS) is 33.8. The molecule has 1 aliphatic carbocycles. The van der Waals surface area contributed by atoms with Gasteiger partial charge in [-0.2, -0.15) is 0 Å². The van der Waals surface area contributed by atoms with Crippen LogP contribution >= 0.6 is 336 Å². The highest BCUT2D eigenvalue weighted by Gasteiger charge is 2.88. The third-order valence-electron chi connectivity index (χ3n) is 5.81. The molecule has 0 aromatic rings. The summed E-state index contributed by atoms with van der Waals surface area (Å²) >= 11 is 188. The molecular weight excluding hydrogens is 1210 g/mol. The average Bonchev–Trinajstić information content (AvgIpc) is 2.80. The lowest BCUT2D eigenvalue weighted by molar-refractivity contribution is 0.409. The molecule has 0 heterocycles. The zero-order chi connectivity index (χ0) is 36.6. The molecule has 0 amide bonds. The lowest BCUT2D eigenvalue weighted by Gasteiger charge is -2.57. The van der Waals surface area contributed by atoms with E-state index in [1.165, 1.54) is 0 Å². The van der Waals surface area contributed by atoms with Gasteiger partial charge in [-0.3, -0.25) is 0 Å². The van der Waals surface area contributed by atoms with E-state index in [-0.39, 0.29) is 0 Å². The molecule has 29 heteroatoms. The van der Waals surface area contributed by atoms with Crippen molar-refractivity contribution in [3.05, 3.63) is 0 Å². The Labute approximate surface area is 396 Å². The van der Waals surface area contributed by atoms with Gasteiger partial charge >= 0.3 is 0 Å². The molecule has 1 rings (SSSR count). The Bertz CT molecular complexity index is 1020. The predicted octanol–water partition coefficient (Wildman–Crippen LogP) is 17.0. The van der Waals surface area contributed by atoms with E-state index in [0.29, 0.717) is 0 Å². The van der Waals surface area contributed by atoms with E-state index in [0.717, 1.165) is 0 Å². The van der Waals surface area contributed by atoms with Crippen molar-refractivity contribution in [2.45, 2.75) is 66.0 Å². The summed E-state index contributed by atoms with van der Waals surface area (Å²) in [5.74, 6) is 0. The number of alkyl halides is 29. The summed E-state index contributed by atoms with van der Waals surface area (Å²) in [5, 5.41) is -2.49. The molecular formula is C15HCl29. The van der Waals surface area contributed by atoms with Crippen molar-refractivity contribution < 1.29 is 0 Å². The molecule has 44 heavy (non-hydrogen) atoms. The van der Waals surface area contributed by atoms with Crippen LogP contribution in [0.15, 0.2) is 0 Å². The summed E-state index contributed by atoms with van der Waals surface area (Å²) < 4.78 is -47.4. The molecule has 0 aromatic heterocycles. The van der Waals surface area contributed by atoms with Gasteiger partial charge in [0.1, 0.15) is 5.38 Å². The van der Waals surface area contributed by atoms with Crippen LogP contribution in [-0.2, 0) is 0 Å². The third kappa shape index (κ3) is 6.52. The Morgan fingerprint density at radius 2 is 0.273 bits per heavy atom. The van der Waals surface area contributed by atoms with E-state index in [1.807, 2.05) is 0 Å². The van der Waals surface area contributed by atoms with E-state index in [9.17, 15) is 0 Å². The van der Waals surface area contributed by atoms with Crippen LogP contribution in [0.3, 0.4) is 0 Å². The van der Waals surface area contributed by atoms with Crippen molar-refractivity contribution in [1.82, 2.24) is 0 Å². The van der Waals surface area contributed by atoms with Gasteiger partial charge < -0.3 is 0 Å². The minimum Gasteiger partial charge on any atom is -0.116 e. The fourth-order valence-corrected chi connectivity index (χ4v) is 14.0. The second-order valence-corrected chi connectivity index (χ2v) is 27.6. The summed E-state index contributed by atoms with van der Waals surface area (Å²) in [6, 6.07) is 0. The van der Waals surface area contributed by atoms with E-state index < -0.39 is 66.0 Å². The second-order valence-electron chi connectivity index (χ2n) is 8.50. The largest absolute Gasteiger partial charge is 0.189 e. The van der Waals surface area contributed by atoms with Gasteiger partial charge in [0.15, 0.2) is 60.7 Å². The zero-order valence-electron chi connectivity index (χ0n) is 18.5. The first kappa shape index (κ1) is 50.4. The maximum absolute atomic E-state index is 6.48. The van der Waals surface area contributed by atoms with Gasteiger partial charge in [0.2, 0.25) is 0 Å². The van der Waals surface area contributed by atoms with Crippen LogP contribution in [0.1, 0.15) is 0 Å². The second kappa shape index (κ2) is 14.4. The van der Waals surface area contributed by atoms with Crippen molar-refractivity contribution in [3.63, 3.8) is 0 Å². The molecule has 0 nitrogen and oxygen atoms in total. The van der Waals surface area contributed by atoms with Crippen molar-refractivity contribution in [1.29, 1.82) is 0 Å². The Hall–Kier alpha value is 8.41. The highest BCUT2D eigenvalue weighted by Crippen LogP contribution is 2.78. The highest BCUT2D eigenvalue weighted by molar-refractivity contribution is 6.84. The van der Waals surface area contributed by atoms with Crippen LogP contribution < -0.4 is 0 Å². The van der Waals surface area contributed by atoms with Gasteiger partial charge in [-0.05, 0) is 0 Å². The Kier molecular flexibility index (Phi) is 16.4. The first-order chi connectivity index (χ1) is 18.4. The summed E-state index contributed by atoms with van der Waals surface area (Å²) in [6.07, 6.45) is 0. The van der Waals surface area contributed by atoms with Gasteiger partial charge in [-0.1, -0.05) is 325 Å². The summed E-state index contributed by atoms with van der Waals surface area (Å²) in [6.45, 7) is 0. The molecule has 1 fully saturated rings. The molecule has 0 saturated heterocycles. The van der Waals surface area contributed by atoms with Crippen LogP contribution in [-0.4, -0.2) is 66.0 Å². The summed E-state index contributed by atoms with van der Waals surface area (Å²) in [7, 11) is 0. The van der Waals surface area contributed by atoms with E-state index in [2.05, 4.69) is 0 Å². The molecule has 264 valence electrons. The van der Waals surface area contributed by atoms with Gasteiger partial charge in [0.25, 0.3) is 0 Å². The van der Waals surface area contributed by atoms with Crippen molar-refractivity contribution in [2.24, 2.45) is 0 Å². The lowest BCUT2D eigenvalue weighted by atomic mass is 9.98. The van der Waals surface area contributed by atoms with Crippen LogP contribution in [0.25, 0.3) is 0 Å². The van der Waals surface area contributed by atoms with Crippen LogP contribution in [0.2, 0.25) is 0 Å². The molecule has 0 spiro atoms. The van der Waals surface area contributed by atoms with E-state index in [4.69, 9.17) is 336 Å². The maximum atomic E-state index is 6.48. The maximum Gasteiger partial charge on any atom is 0.189 e. The van der Waals surface area contributed by atoms with Gasteiger partial charge in [0, 0.05) is 0 Å². The number of hydrogen-bond acceptors (Lipinski definition) is 0. The van der Waals surface area contributed by atoms with E-state index in [1.54, 1.807) is 0 Å². The van der Waals surface area contributed by atoms with Gasteiger partial charge in [-0.25, -0.2) is 0 Å². The van der Waals surface area contributed by atoms with E-state index >= 15 is 0 Å². The molecule has 0 aromatic carbocycles. The standard InChI is InChI=1S/C15HCl29/c16-1-2(17,18)4(21,22)6(25,26)8(29,30)10(33,34)12(37,38)14(41,42)15(43,44)13(39,40)11(35,36)9(31,32)7(27,28)5(23,24)3(1,19)20/h1H. The molecule has 1 saturated carbocycles. The number of halogens is 29. The monoisotopic (exact) mass is 1200 g/mol. The Balaban J connectivity index is 4.70. The summed E-state index contributed by atoms with van der Waals surface area (Å²) in [4.78, 5) is 0. The fourth-order valence-electron chi connectivity index (χ4n) is 2.94. The minimum atomic E-state index is -3.46. The zero-order valence-corrected chi connectivity index (χ0v) is 40.5. The van der Waals surface area contributed by atoms with Crippen LogP contribution in [0, 0.1) is 0 Å². The molecule has 1 aliphatic rings. The van der Waals surface area contributed by atoms with Crippen molar-refractivity contribution >= 4 is 336 Å². The number of rotatable bonds is 0. The molecule has 0 aliphatic heterocycles. The summed E-state index contributed by atoms with van der Waals surface area (Å²) in [5.41, 5.74) is 0. The average molecular weight is 1210 g/mol. The predicted molar refractivity (Wildman–Crippen MR) is 212 cm³/mol. The Morgan fingerprint density at radius 3 is 0.386 bits per heavy atom. The van der Waals surface area contributed by atoms with Crippen molar-refractivity contribution in [2.75, 3.05) is 0 Å². The van der Waals surface area contributed by atoms with Gasteiger partial charge in [-0.15, -0.1) is 11.6 Å². The number of hydrogen-bond donors (Lipinski definition) is 0.